The molecule has 5 N–H and O–H groups in total. The molecule has 0 aliphatic carbocycles. The number of nitrogens with zero attached hydrogens (tertiary/aromatic N) is 3. The smallest absolute Gasteiger partial charge is 0.352 e. The second kappa shape index (κ2) is 7.40. The Morgan fingerprint density at radius 2 is 2.26 bits per heavy atom. The van der Waals surface area contributed by atoms with E-state index >= 15 is 0 Å². The van der Waals surface area contributed by atoms with Gasteiger partial charge in [0.25, 0.3) is 11.8 Å². The number of hydrogen-bond donors (Lipinski definition) is 4. The molecule has 2 unspecified atom stereocenters. The lowest BCUT2D eigenvalue weighted by Crippen LogP contribution is -2.71. The second-order valence-electron chi connectivity index (χ2n) is 5.56. The van der Waals surface area contributed by atoms with E-state index in [1.54, 1.807) is 19.1 Å². The van der Waals surface area contributed by atoms with E-state index in [0.717, 1.165) is 16.2 Å². The number of allylic oxidation sites excluding steroid dienone is 2. The highest BCUT2D eigenvalue weighted by Crippen LogP contribution is 2.40. The Bertz CT molecular complexity index is 906. The number of oxime groups is 1. The van der Waals surface area contributed by atoms with Gasteiger partial charge in [0.1, 0.15) is 22.8 Å². The van der Waals surface area contributed by atoms with Crippen molar-refractivity contribution in [3.05, 3.63) is 34.5 Å². The van der Waals surface area contributed by atoms with Gasteiger partial charge in [-0.25, -0.2) is 9.78 Å². The van der Waals surface area contributed by atoms with Gasteiger partial charge >= 0.3 is 5.97 Å². The van der Waals surface area contributed by atoms with E-state index in [2.05, 4.69) is 15.5 Å². The quantitative estimate of drug-likeness (QED) is 0.233. The van der Waals surface area contributed by atoms with Gasteiger partial charge in [-0.05, 0) is 12.5 Å². The number of nitrogens with one attached hydrogen (secondary N) is 1. The maximum Gasteiger partial charge on any atom is 0.352 e. The van der Waals surface area contributed by atoms with Crippen LogP contribution in [0.5, 0.6) is 0 Å². The largest absolute Gasteiger partial charge is 0.477 e. The first-order chi connectivity index (χ1) is 12.9. The molecule has 1 saturated heterocycles. The number of β-lactam (4-membered cyclic amide) rings is 1. The third-order valence-corrected chi connectivity index (χ3v) is 5.91. The molecular formula is C15H15N5O5S2. The molecular weight excluding hydrogens is 394 g/mol. The number of carboxylic acid groups (broad SMARTS) is 1. The van der Waals surface area contributed by atoms with Gasteiger partial charge in [-0.3, -0.25) is 14.5 Å². The molecule has 0 spiro atoms. The Balaban J connectivity index is 1.79. The highest BCUT2D eigenvalue weighted by atomic mass is 32.2. The molecule has 2 aliphatic heterocycles. The monoisotopic (exact) mass is 409 g/mol. The summed E-state index contributed by atoms with van der Waals surface area (Å²) in [6.07, 6.45) is 3.35. The number of thioether (sulfide) groups is 1. The molecule has 1 aromatic heterocycles. The Morgan fingerprint density at radius 3 is 2.81 bits per heavy atom. The van der Waals surface area contributed by atoms with Gasteiger partial charge in [0.05, 0.1) is 0 Å². The van der Waals surface area contributed by atoms with Gasteiger partial charge < -0.3 is 21.4 Å². The molecule has 0 radical (unpaired) electrons. The molecule has 0 saturated carbocycles. The van der Waals surface area contributed by atoms with Crippen LogP contribution < -0.4 is 11.1 Å². The number of carbonyl (C=O) groups is 3. The third-order valence-electron chi connectivity index (χ3n) is 3.93. The number of carbonyl (C=O) groups excluding carboxylic acids is 2. The normalized spacial score (nSPS) is 22.6. The molecule has 3 rings (SSSR count). The lowest BCUT2D eigenvalue weighted by atomic mass is 10.0. The summed E-state index contributed by atoms with van der Waals surface area (Å²) in [5.74, 6) is -2.17. The minimum Gasteiger partial charge on any atom is -0.477 e. The standard InChI is InChI=1S/C15H15N5O5S2/c1-2-3-6-4-26-13-9(12(22)20(13)10(6)14(23)24)18-11(21)8(19-25)7-5-27-15(16)17-7/h2-3,5,9,13,25H,4H2,1H3,(H2,16,17)(H,18,21)(H,23,24)/b3-2+,19-8-. The zero-order valence-electron chi connectivity index (χ0n) is 13.9. The number of rotatable bonds is 5. The van der Waals surface area contributed by atoms with E-state index in [4.69, 9.17) is 10.9 Å². The summed E-state index contributed by atoms with van der Waals surface area (Å²) in [6, 6.07) is -0.934. The highest BCUT2D eigenvalue weighted by molar-refractivity contribution is 8.00. The number of aliphatic carboxylic acids is 1. The third kappa shape index (κ3) is 3.28. The predicted octanol–water partition coefficient (Wildman–Crippen LogP) is 0.218. The van der Waals surface area contributed by atoms with Crippen molar-refractivity contribution in [1.29, 1.82) is 0 Å². The van der Waals surface area contributed by atoms with Crippen LogP contribution in [0.4, 0.5) is 5.13 Å². The fourth-order valence-corrected chi connectivity index (χ4v) is 4.66. The first-order valence-electron chi connectivity index (χ1n) is 7.67. The minimum atomic E-state index is -1.21. The molecule has 0 aromatic carbocycles. The molecule has 2 aliphatic rings. The van der Waals surface area contributed by atoms with E-state index in [-0.39, 0.29) is 22.2 Å². The van der Waals surface area contributed by atoms with Gasteiger partial charge in [0.2, 0.25) is 0 Å². The van der Waals surface area contributed by atoms with Gasteiger partial charge in [-0.2, -0.15) is 0 Å². The molecule has 1 fully saturated rings. The number of carboxylic acids is 1. The maximum absolute atomic E-state index is 12.5. The van der Waals surface area contributed by atoms with Crippen molar-refractivity contribution >= 4 is 51.7 Å². The minimum absolute atomic E-state index is 0.0823. The number of hydrogen-bond acceptors (Lipinski definition) is 9. The van der Waals surface area contributed by atoms with Crippen LogP contribution >= 0.6 is 23.1 Å². The van der Waals surface area contributed by atoms with Crippen LogP contribution in [-0.4, -0.2) is 60.9 Å². The van der Waals surface area contributed by atoms with Crippen molar-refractivity contribution in [2.45, 2.75) is 18.3 Å². The SMILES string of the molecule is C/C=C/C1=C(C(=O)O)N2C(=O)C(NC(=O)/C(=N\O)c3csc(N)n3)C2SC1. The number of thiazole rings is 1. The molecule has 2 atom stereocenters. The molecule has 12 heteroatoms. The van der Waals surface area contributed by atoms with Crippen molar-refractivity contribution in [3.8, 4) is 0 Å². The molecule has 10 nitrogen and oxygen atoms in total. The summed E-state index contributed by atoms with van der Waals surface area (Å²) >= 11 is 2.41. The Hall–Kier alpha value is -2.86. The molecule has 3 heterocycles. The van der Waals surface area contributed by atoms with Crippen molar-refractivity contribution in [2.24, 2.45) is 5.16 Å². The zero-order valence-corrected chi connectivity index (χ0v) is 15.6. The van der Waals surface area contributed by atoms with E-state index < -0.39 is 29.2 Å². The summed E-state index contributed by atoms with van der Waals surface area (Å²) in [4.78, 5) is 41.5. The Morgan fingerprint density at radius 1 is 1.52 bits per heavy atom. The number of nitrogen functional groups attached to an aromatic ring is 1. The van der Waals surface area contributed by atoms with Crippen LogP contribution in [0.25, 0.3) is 0 Å². The van der Waals surface area contributed by atoms with Crippen LogP contribution in [0.3, 0.4) is 0 Å². The van der Waals surface area contributed by atoms with Gasteiger partial charge in [0.15, 0.2) is 10.8 Å². The fraction of sp³-hybridized carbons (Fsp3) is 0.267. The lowest BCUT2D eigenvalue weighted by molar-refractivity contribution is -0.150. The average Bonchev–Trinajstić information content (AvgIpc) is 3.05. The van der Waals surface area contributed by atoms with Crippen molar-refractivity contribution in [2.75, 3.05) is 11.5 Å². The van der Waals surface area contributed by atoms with Crippen molar-refractivity contribution < 1.29 is 24.7 Å². The molecule has 27 heavy (non-hydrogen) atoms. The molecule has 1 aromatic rings. The summed E-state index contributed by atoms with van der Waals surface area (Å²) in [5, 5.41) is 25.1. The summed E-state index contributed by atoms with van der Waals surface area (Å²) in [6.45, 7) is 1.76. The van der Waals surface area contributed by atoms with E-state index in [0.29, 0.717) is 11.3 Å². The average molecular weight is 409 g/mol. The summed E-state index contributed by atoms with van der Waals surface area (Å²) in [7, 11) is 0. The number of aromatic nitrogens is 1. The first kappa shape index (κ1) is 18.9. The first-order valence-corrected chi connectivity index (χ1v) is 9.60. The highest BCUT2D eigenvalue weighted by Gasteiger charge is 2.54. The Labute approximate surface area is 161 Å². The fourth-order valence-electron chi connectivity index (χ4n) is 2.79. The van der Waals surface area contributed by atoms with Crippen LogP contribution in [-0.2, 0) is 14.4 Å². The topological polar surface area (TPSA) is 158 Å². The number of fused-ring (bicyclic) bond motifs is 1. The van der Waals surface area contributed by atoms with E-state index in [1.807, 2.05) is 0 Å². The second-order valence-corrected chi connectivity index (χ2v) is 7.55. The molecule has 2 amide bonds. The zero-order chi connectivity index (χ0) is 19.7. The van der Waals surface area contributed by atoms with Crippen LogP contribution in [0.2, 0.25) is 0 Å². The summed E-state index contributed by atoms with van der Waals surface area (Å²) in [5.41, 5.74) is 5.66. The Kier molecular flexibility index (Phi) is 5.19. The van der Waals surface area contributed by atoms with Crippen LogP contribution in [0.1, 0.15) is 12.6 Å². The van der Waals surface area contributed by atoms with Crippen LogP contribution in [0.15, 0.2) is 34.0 Å². The van der Waals surface area contributed by atoms with Gasteiger partial charge in [0, 0.05) is 11.1 Å². The van der Waals surface area contributed by atoms with E-state index in [9.17, 15) is 19.5 Å². The van der Waals surface area contributed by atoms with Gasteiger partial charge in [-0.1, -0.05) is 17.3 Å². The molecule has 142 valence electrons. The van der Waals surface area contributed by atoms with E-state index in [1.165, 1.54) is 17.1 Å². The number of amides is 2. The maximum atomic E-state index is 12.5. The van der Waals surface area contributed by atoms with Crippen molar-refractivity contribution in [3.63, 3.8) is 0 Å². The number of anilines is 1. The summed E-state index contributed by atoms with van der Waals surface area (Å²) < 4.78 is 0. The van der Waals surface area contributed by atoms with Crippen LogP contribution in [0, 0.1) is 0 Å². The van der Waals surface area contributed by atoms with Gasteiger partial charge in [-0.15, -0.1) is 23.1 Å². The van der Waals surface area contributed by atoms with Crippen molar-refractivity contribution in [1.82, 2.24) is 15.2 Å². The lowest BCUT2D eigenvalue weighted by Gasteiger charge is -2.49. The predicted molar refractivity (Wildman–Crippen MR) is 99.3 cm³/mol. The molecule has 0 bridgehead atoms. The number of nitrogens with two attached hydrogens (primary N) is 1.